The fourth-order valence-corrected chi connectivity index (χ4v) is 4.14. The topological polar surface area (TPSA) is 50.5 Å². The smallest absolute Gasteiger partial charge is 0.337 e. The molecule has 152 valence electrons. The molecule has 0 spiro atoms. The Morgan fingerprint density at radius 2 is 1.90 bits per heavy atom. The lowest BCUT2D eigenvalue weighted by molar-refractivity contribution is -0.142. The summed E-state index contributed by atoms with van der Waals surface area (Å²) in [6, 6.07) is 10.9. The standard InChI is InChI=1S/C21H21F3N4O/c1-13-9-17(21(22,23)24)28-18(26-13)15(10-25-28)19(29)27-11-16(20(2,3)12-27)14-7-5-4-6-8-14/h4-10,16H,11-12H2,1-3H3/t16-/m1/s1. The Labute approximate surface area is 166 Å². The summed E-state index contributed by atoms with van der Waals surface area (Å²) in [5.41, 5.74) is 0.236. The van der Waals surface area contributed by atoms with Gasteiger partial charge in [0.05, 0.1) is 6.20 Å². The van der Waals surface area contributed by atoms with Crippen molar-refractivity contribution in [1.82, 2.24) is 19.5 Å². The summed E-state index contributed by atoms with van der Waals surface area (Å²) < 4.78 is 40.8. The van der Waals surface area contributed by atoms with Gasteiger partial charge in [-0.25, -0.2) is 9.50 Å². The van der Waals surface area contributed by atoms with Gasteiger partial charge >= 0.3 is 6.18 Å². The third-order valence-electron chi connectivity index (χ3n) is 5.55. The van der Waals surface area contributed by atoms with Gasteiger partial charge in [0.25, 0.3) is 5.91 Å². The maximum Gasteiger partial charge on any atom is 0.433 e. The highest BCUT2D eigenvalue weighted by molar-refractivity contribution is 6.00. The highest BCUT2D eigenvalue weighted by Gasteiger charge is 2.43. The molecular formula is C21H21F3N4O. The van der Waals surface area contributed by atoms with Gasteiger partial charge in [-0.2, -0.15) is 18.3 Å². The molecule has 1 aliphatic heterocycles. The van der Waals surface area contributed by atoms with Crippen molar-refractivity contribution >= 4 is 11.6 Å². The summed E-state index contributed by atoms with van der Waals surface area (Å²) in [6.07, 6.45) is -3.41. The van der Waals surface area contributed by atoms with Crippen molar-refractivity contribution in [1.29, 1.82) is 0 Å². The summed E-state index contributed by atoms with van der Waals surface area (Å²) in [4.78, 5) is 19.1. The highest BCUT2D eigenvalue weighted by atomic mass is 19.4. The molecule has 0 radical (unpaired) electrons. The molecule has 29 heavy (non-hydrogen) atoms. The maximum atomic E-state index is 13.4. The molecule has 3 aromatic rings. The van der Waals surface area contributed by atoms with Crippen LogP contribution in [0, 0.1) is 12.3 Å². The van der Waals surface area contributed by atoms with Crippen molar-refractivity contribution < 1.29 is 18.0 Å². The number of aryl methyl sites for hydroxylation is 1. The van der Waals surface area contributed by atoms with E-state index in [9.17, 15) is 18.0 Å². The van der Waals surface area contributed by atoms with Crippen molar-refractivity contribution in [2.75, 3.05) is 13.1 Å². The van der Waals surface area contributed by atoms with Crippen LogP contribution in [0.25, 0.3) is 5.65 Å². The lowest BCUT2D eigenvalue weighted by Gasteiger charge is -2.25. The molecule has 8 heteroatoms. The summed E-state index contributed by atoms with van der Waals surface area (Å²) >= 11 is 0. The third kappa shape index (κ3) is 3.36. The lowest BCUT2D eigenvalue weighted by atomic mass is 9.78. The fourth-order valence-electron chi connectivity index (χ4n) is 4.14. The van der Waals surface area contributed by atoms with Crippen LogP contribution in [0.1, 0.15) is 47.1 Å². The quantitative estimate of drug-likeness (QED) is 0.641. The molecule has 0 saturated carbocycles. The second-order valence-corrected chi connectivity index (χ2v) is 8.21. The van der Waals surface area contributed by atoms with Crippen LogP contribution in [0.4, 0.5) is 13.2 Å². The number of nitrogens with zero attached hydrogens (tertiary/aromatic N) is 4. The lowest BCUT2D eigenvalue weighted by Crippen LogP contribution is -2.30. The number of aromatic nitrogens is 3. The largest absolute Gasteiger partial charge is 0.433 e. The first kappa shape index (κ1) is 19.4. The summed E-state index contributed by atoms with van der Waals surface area (Å²) in [7, 11) is 0. The Bertz CT molecular complexity index is 1070. The monoisotopic (exact) mass is 402 g/mol. The number of amides is 1. The Balaban J connectivity index is 1.71. The molecular weight excluding hydrogens is 381 g/mol. The minimum Gasteiger partial charge on any atom is -0.337 e. The first-order chi connectivity index (χ1) is 13.6. The highest BCUT2D eigenvalue weighted by Crippen LogP contribution is 2.42. The van der Waals surface area contributed by atoms with Crippen LogP contribution in [0.15, 0.2) is 42.6 Å². The van der Waals surface area contributed by atoms with Gasteiger partial charge in [0.2, 0.25) is 0 Å². The summed E-state index contributed by atoms with van der Waals surface area (Å²) in [5.74, 6) is -0.215. The number of likely N-dealkylation sites (tertiary alicyclic amines) is 1. The van der Waals surface area contributed by atoms with Gasteiger partial charge in [0, 0.05) is 24.7 Å². The normalized spacial score (nSPS) is 19.1. The molecule has 0 unspecified atom stereocenters. The molecule has 1 fully saturated rings. The van der Waals surface area contributed by atoms with Crippen LogP contribution in [0.2, 0.25) is 0 Å². The van der Waals surface area contributed by atoms with Crippen LogP contribution in [0.5, 0.6) is 0 Å². The second kappa shape index (κ2) is 6.57. The number of carbonyl (C=O) groups is 1. The van der Waals surface area contributed by atoms with E-state index < -0.39 is 11.9 Å². The second-order valence-electron chi connectivity index (χ2n) is 8.21. The molecule has 0 aliphatic carbocycles. The number of halogens is 3. The zero-order valence-electron chi connectivity index (χ0n) is 16.4. The molecule has 1 saturated heterocycles. The molecule has 5 nitrogen and oxygen atoms in total. The Kier molecular flexibility index (Phi) is 4.40. The van der Waals surface area contributed by atoms with E-state index in [1.165, 1.54) is 13.1 Å². The van der Waals surface area contributed by atoms with Crippen molar-refractivity contribution in [3.63, 3.8) is 0 Å². The Morgan fingerprint density at radius 3 is 2.55 bits per heavy atom. The number of rotatable bonds is 2. The van der Waals surface area contributed by atoms with E-state index in [1.54, 1.807) is 4.90 Å². The molecule has 1 aliphatic rings. The number of alkyl halides is 3. The van der Waals surface area contributed by atoms with E-state index in [4.69, 9.17) is 0 Å². The number of hydrogen-bond acceptors (Lipinski definition) is 3. The van der Waals surface area contributed by atoms with Crippen LogP contribution in [-0.4, -0.2) is 38.5 Å². The van der Waals surface area contributed by atoms with Gasteiger partial charge in [-0.3, -0.25) is 4.79 Å². The van der Waals surface area contributed by atoms with Gasteiger partial charge in [-0.1, -0.05) is 44.2 Å². The van der Waals surface area contributed by atoms with Gasteiger partial charge in [-0.05, 0) is 24.0 Å². The van der Waals surface area contributed by atoms with E-state index in [2.05, 4.69) is 23.9 Å². The predicted octanol–water partition coefficient (Wildman–Crippen LogP) is 4.32. The van der Waals surface area contributed by atoms with Gasteiger partial charge in [-0.15, -0.1) is 0 Å². The van der Waals surface area contributed by atoms with E-state index in [0.717, 1.165) is 11.6 Å². The van der Waals surface area contributed by atoms with E-state index in [-0.39, 0.29) is 34.1 Å². The number of carbonyl (C=O) groups excluding carboxylic acids is 1. The maximum absolute atomic E-state index is 13.4. The molecule has 1 aromatic carbocycles. The number of fused-ring (bicyclic) bond motifs is 1. The molecule has 0 bridgehead atoms. The zero-order chi connectivity index (χ0) is 21.0. The van der Waals surface area contributed by atoms with Crippen LogP contribution in [-0.2, 0) is 6.18 Å². The molecule has 3 heterocycles. The fraction of sp³-hybridized carbons (Fsp3) is 0.381. The molecule has 2 aromatic heterocycles. The Hall–Kier alpha value is -2.90. The predicted molar refractivity (Wildman–Crippen MR) is 102 cm³/mol. The van der Waals surface area contributed by atoms with Crippen LogP contribution >= 0.6 is 0 Å². The van der Waals surface area contributed by atoms with Gasteiger partial charge in [0.15, 0.2) is 5.65 Å². The average Bonchev–Trinajstić information content (AvgIpc) is 3.20. The molecule has 0 N–H and O–H groups in total. The van der Waals surface area contributed by atoms with E-state index >= 15 is 0 Å². The van der Waals surface area contributed by atoms with E-state index in [0.29, 0.717) is 17.6 Å². The molecule has 1 amide bonds. The molecule has 4 rings (SSSR count). The SMILES string of the molecule is Cc1cc(C(F)(F)F)n2ncc(C(=O)N3C[C@H](c4ccccc4)C(C)(C)C3)c2n1. The van der Waals surface area contributed by atoms with Crippen molar-refractivity contribution in [3.8, 4) is 0 Å². The third-order valence-corrected chi connectivity index (χ3v) is 5.55. The van der Waals surface area contributed by atoms with Crippen LogP contribution in [0.3, 0.4) is 0 Å². The van der Waals surface area contributed by atoms with Crippen molar-refractivity contribution in [3.05, 3.63) is 65.1 Å². The zero-order valence-corrected chi connectivity index (χ0v) is 16.4. The minimum absolute atomic E-state index is 0.0664. The van der Waals surface area contributed by atoms with Gasteiger partial charge in [0.1, 0.15) is 11.3 Å². The van der Waals surface area contributed by atoms with E-state index in [1.807, 2.05) is 30.3 Å². The summed E-state index contributed by atoms with van der Waals surface area (Å²) in [6.45, 7) is 6.66. The Morgan fingerprint density at radius 1 is 1.21 bits per heavy atom. The molecule has 1 atom stereocenters. The van der Waals surface area contributed by atoms with Crippen LogP contribution < -0.4 is 0 Å². The van der Waals surface area contributed by atoms with Gasteiger partial charge < -0.3 is 4.90 Å². The average molecular weight is 402 g/mol. The van der Waals surface area contributed by atoms with Crippen molar-refractivity contribution in [2.24, 2.45) is 5.41 Å². The number of benzene rings is 1. The number of hydrogen-bond donors (Lipinski definition) is 0. The first-order valence-electron chi connectivity index (χ1n) is 9.35. The van der Waals surface area contributed by atoms with Crippen molar-refractivity contribution in [2.45, 2.75) is 32.9 Å². The first-order valence-corrected chi connectivity index (χ1v) is 9.35. The minimum atomic E-state index is -4.59. The summed E-state index contributed by atoms with van der Waals surface area (Å²) in [5, 5.41) is 3.82.